The first-order chi connectivity index (χ1) is 9.88. The van der Waals surface area contributed by atoms with Crippen LogP contribution >= 0.6 is 11.8 Å². The highest BCUT2D eigenvalue weighted by molar-refractivity contribution is 7.98. The van der Waals surface area contributed by atoms with E-state index in [9.17, 15) is 0 Å². The van der Waals surface area contributed by atoms with Crippen molar-refractivity contribution in [2.24, 2.45) is 0 Å². The third kappa shape index (κ3) is 5.33. The van der Waals surface area contributed by atoms with Gasteiger partial charge in [0, 0.05) is 43.2 Å². The molecule has 0 amide bonds. The molecular weight excluding hydrogens is 268 g/mol. The highest BCUT2D eigenvalue weighted by atomic mass is 32.2. The number of thioether (sulfide) groups is 1. The van der Waals surface area contributed by atoms with Crippen molar-refractivity contribution in [1.29, 1.82) is 0 Å². The monoisotopic (exact) mass is 288 g/mol. The number of nitrogens with one attached hydrogen (secondary N) is 1. The molecule has 0 aliphatic heterocycles. The van der Waals surface area contributed by atoms with E-state index in [-0.39, 0.29) is 0 Å². The zero-order chi connectivity index (χ0) is 14.0. The number of hydrogen-bond acceptors (Lipinski definition) is 4. The minimum atomic E-state index is 0.747. The van der Waals surface area contributed by atoms with E-state index in [1.165, 1.54) is 16.0 Å². The van der Waals surface area contributed by atoms with Crippen LogP contribution in [0.5, 0.6) is 0 Å². The summed E-state index contributed by atoms with van der Waals surface area (Å²) in [5, 5.41) is 3.36. The average Bonchev–Trinajstić information content (AvgIpc) is 2.51. The Balaban J connectivity index is 1.83. The number of nitrogens with zero attached hydrogens (tertiary/aromatic N) is 1. The summed E-state index contributed by atoms with van der Waals surface area (Å²) in [5.74, 6) is 0.975. The van der Waals surface area contributed by atoms with Crippen LogP contribution in [0.4, 0.5) is 0 Å². The normalized spacial score (nSPS) is 10.7. The molecule has 0 saturated heterocycles. The molecule has 0 spiro atoms. The predicted octanol–water partition coefficient (Wildman–Crippen LogP) is 3.11. The fourth-order valence-electron chi connectivity index (χ4n) is 1.80. The first-order valence-electron chi connectivity index (χ1n) is 6.69. The molecule has 3 nitrogen and oxygen atoms in total. The van der Waals surface area contributed by atoms with E-state index < -0.39 is 0 Å². The van der Waals surface area contributed by atoms with Gasteiger partial charge in [0.15, 0.2) is 0 Å². The summed E-state index contributed by atoms with van der Waals surface area (Å²) in [5.41, 5.74) is 2.61. The average molecular weight is 288 g/mol. The second kappa shape index (κ2) is 8.74. The lowest BCUT2D eigenvalue weighted by molar-refractivity contribution is 0.199. The van der Waals surface area contributed by atoms with Gasteiger partial charge in [0.25, 0.3) is 0 Å². The Morgan fingerprint density at radius 1 is 1.15 bits per heavy atom. The van der Waals surface area contributed by atoms with E-state index in [2.05, 4.69) is 46.7 Å². The molecule has 0 aliphatic carbocycles. The largest absolute Gasteiger partial charge is 0.383 e. The van der Waals surface area contributed by atoms with Gasteiger partial charge in [-0.15, -0.1) is 11.8 Å². The molecule has 2 rings (SSSR count). The molecule has 0 fully saturated rings. The first-order valence-corrected chi connectivity index (χ1v) is 7.67. The van der Waals surface area contributed by atoms with Gasteiger partial charge in [0.05, 0.1) is 6.61 Å². The molecule has 0 unspecified atom stereocenters. The summed E-state index contributed by atoms with van der Waals surface area (Å²) in [6.07, 6.45) is 3.68. The zero-order valence-electron chi connectivity index (χ0n) is 11.7. The molecule has 0 aliphatic rings. The fraction of sp³-hybridized carbons (Fsp3) is 0.312. The van der Waals surface area contributed by atoms with Crippen LogP contribution in [-0.2, 0) is 17.0 Å². The van der Waals surface area contributed by atoms with E-state index in [4.69, 9.17) is 4.74 Å². The maximum atomic E-state index is 5.02. The van der Waals surface area contributed by atoms with Gasteiger partial charge in [-0.3, -0.25) is 4.98 Å². The van der Waals surface area contributed by atoms with Gasteiger partial charge < -0.3 is 10.1 Å². The van der Waals surface area contributed by atoms with Gasteiger partial charge in [-0.2, -0.15) is 0 Å². The quantitative estimate of drug-likeness (QED) is 0.598. The van der Waals surface area contributed by atoms with Crippen LogP contribution in [0.3, 0.4) is 0 Å². The second-order valence-electron chi connectivity index (χ2n) is 4.46. The predicted molar refractivity (Wildman–Crippen MR) is 83.8 cm³/mol. The van der Waals surface area contributed by atoms with Crippen LogP contribution in [0, 0.1) is 0 Å². The third-order valence-corrected chi connectivity index (χ3v) is 3.93. The molecule has 20 heavy (non-hydrogen) atoms. The highest BCUT2D eigenvalue weighted by Crippen LogP contribution is 2.23. The van der Waals surface area contributed by atoms with E-state index in [0.29, 0.717) is 0 Å². The molecule has 0 radical (unpaired) electrons. The molecule has 106 valence electrons. The van der Waals surface area contributed by atoms with Gasteiger partial charge in [-0.1, -0.05) is 12.1 Å². The van der Waals surface area contributed by atoms with Crippen LogP contribution in [0.2, 0.25) is 0 Å². The lowest BCUT2D eigenvalue weighted by Crippen LogP contribution is -2.18. The molecule has 0 saturated carbocycles. The van der Waals surface area contributed by atoms with E-state index in [1.807, 2.05) is 24.2 Å². The minimum absolute atomic E-state index is 0.747. The molecular formula is C16H20N2OS. The Morgan fingerprint density at radius 3 is 2.80 bits per heavy atom. The molecule has 2 aromatic rings. The number of pyridine rings is 1. The minimum Gasteiger partial charge on any atom is -0.383 e. The van der Waals surface area contributed by atoms with Crippen LogP contribution < -0.4 is 5.32 Å². The molecule has 1 aromatic heterocycles. The van der Waals surface area contributed by atoms with Crippen molar-refractivity contribution in [2.75, 3.05) is 20.3 Å². The van der Waals surface area contributed by atoms with Crippen molar-refractivity contribution < 1.29 is 4.74 Å². The Morgan fingerprint density at radius 2 is 2.00 bits per heavy atom. The SMILES string of the molecule is COCCNCc1cccc(SCc2ccncc2)c1. The number of aromatic nitrogens is 1. The molecule has 1 aromatic carbocycles. The Kier molecular flexibility index (Phi) is 6.57. The van der Waals surface area contributed by atoms with Gasteiger partial charge in [-0.05, 0) is 35.4 Å². The Labute approximate surface area is 124 Å². The topological polar surface area (TPSA) is 34.1 Å². The van der Waals surface area contributed by atoms with E-state index >= 15 is 0 Å². The molecule has 0 bridgehead atoms. The van der Waals surface area contributed by atoms with Crippen LogP contribution in [-0.4, -0.2) is 25.2 Å². The summed E-state index contributed by atoms with van der Waals surface area (Å²) in [6, 6.07) is 12.8. The second-order valence-corrected chi connectivity index (χ2v) is 5.51. The number of ether oxygens (including phenoxy) is 1. The van der Waals surface area contributed by atoms with Crippen molar-refractivity contribution in [3.8, 4) is 0 Å². The van der Waals surface area contributed by atoms with Crippen molar-refractivity contribution in [2.45, 2.75) is 17.2 Å². The van der Waals surface area contributed by atoms with Gasteiger partial charge >= 0.3 is 0 Å². The summed E-state index contributed by atoms with van der Waals surface area (Å²) in [6.45, 7) is 2.51. The summed E-state index contributed by atoms with van der Waals surface area (Å²) in [7, 11) is 1.72. The molecule has 1 heterocycles. The highest BCUT2D eigenvalue weighted by Gasteiger charge is 1.98. The van der Waals surface area contributed by atoms with Crippen LogP contribution in [0.25, 0.3) is 0 Å². The van der Waals surface area contributed by atoms with Crippen molar-refractivity contribution in [1.82, 2.24) is 10.3 Å². The number of benzene rings is 1. The van der Waals surface area contributed by atoms with Crippen molar-refractivity contribution in [3.05, 3.63) is 59.9 Å². The van der Waals surface area contributed by atoms with E-state index in [0.717, 1.165) is 25.4 Å². The lowest BCUT2D eigenvalue weighted by Gasteiger charge is -2.07. The molecule has 4 heteroatoms. The number of methoxy groups -OCH3 is 1. The van der Waals surface area contributed by atoms with Crippen molar-refractivity contribution >= 4 is 11.8 Å². The van der Waals surface area contributed by atoms with Crippen molar-refractivity contribution in [3.63, 3.8) is 0 Å². The maximum absolute atomic E-state index is 5.02. The summed E-state index contributed by atoms with van der Waals surface area (Å²) < 4.78 is 5.02. The van der Waals surface area contributed by atoms with Gasteiger partial charge in [0.1, 0.15) is 0 Å². The first kappa shape index (κ1) is 15.0. The Hall–Kier alpha value is -1.36. The summed E-state index contributed by atoms with van der Waals surface area (Å²) >= 11 is 1.85. The summed E-state index contributed by atoms with van der Waals surface area (Å²) in [4.78, 5) is 5.33. The maximum Gasteiger partial charge on any atom is 0.0587 e. The fourth-order valence-corrected chi connectivity index (χ4v) is 2.73. The number of hydrogen-bond donors (Lipinski definition) is 1. The number of rotatable bonds is 8. The third-order valence-electron chi connectivity index (χ3n) is 2.87. The van der Waals surface area contributed by atoms with Gasteiger partial charge in [0.2, 0.25) is 0 Å². The molecule has 0 atom stereocenters. The van der Waals surface area contributed by atoms with Crippen LogP contribution in [0.15, 0.2) is 53.7 Å². The van der Waals surface area contributed by atoms with E-state index in [1.54, 1.807) is 7.11 Å². The van der Waals surface area contributed by atoms with Crippen LogP contribution in [0.1, 0.15) is 11.1 Å². The lowest BCUT2D eigenvalue weighted by atomic mass is 10.2. The van der Waals surface area contributed by atoms with Gasteiger partial charge in [-0.25, -0.2) is 0 Å². The standard InChI is InChI=1S/C16H20N2OS/c1-19-10-9-18-12-15-3-2-4-16(11-15)20-13-14-5-7-17-8-6-14/h2-8,11,18H,9-10,12-13H2,1H3. The zero-order valence-corrected chi connectivity index (χ0v) is 12.5. The smallest absolute Gasteiger partial charge is 0.0587 e. The Bertz CT molecular complexity index is 505. The molecule has 1 N–H and O–H groups in total.